The van der Waals surface area contributed by atoms with Crippen molar-refractivity contribution in [2.24, 2.45) is 0 Å². The molecule has 1 unspecified atom stereocenters. The first kappa shape index (κ1) is 14.0. The molecule has 4 nitrogen and oxygen atoms in total. The number of carboxylic acids is 1. The first-order chi connectivity index (χ1) is 9.75. The zero-order valence-corrected chi connectivity index (χ0v) is 12.6. The van der Waals surface area contributed by atoms with Crippen molar-refractivity contribution in [3.05, 3.63) is 21.9 Å². The van der Waals surface area contributed by atoms with Crippen molar-refractivity contribution in [3.63, 3.8) is 0 Å². The monoisotopic (exact) mass is 294 g/mol. The quantitative estimate of drug-likeness (QED) is 0.925. The van der Waals surface area contributed by atoms with Gasteiger partial charge < -0.3 is 10.0 Å². The number of thiophene rings is 1. The average molecular weight is 294 g/mol. The largest absolute Gasteiger partial charge is 0.480 e. The van der Waals surface area contributed by atoms with E-state index in [0.717, 1.165) is 31.6 Å². The van der Waals surface area contributed by atoms with Crippen molar-refractivity contribution in [1.29, 1.82) is 0 Å². The van der Waals surface area contributed by atoms with E-state index in [2.05, 4.69) is 9.80 Å². The number of hydrogen-bond donors (Lipinski definition) is 1. The number of rotatable bonds is 4. The molecular formula is C15H22N2O2S. The summed E-state index contributed by atoms with van der Waals surface area (Å²) in [6.45, 7) is 5.10. The summed E-state index contributed by atoms with van der Waals surface area (Å²) in [5.74, 6) is -0.706. The highest BCUT2D eigenvalue weighted by Crippen LogP contribution is 2.33. The van der Waals surface area contributed by atoms with Crippen molar-refractivity contribution >= 4 is 17.3 Å². The Morgan fingerprint density at radius 2 is 2.05 bits per heavy atom. The van der Waals surface area contributed by atoms with Gasteiger partial charge in [0.1, 0.15) is 6.04 Å². The van der Waals surface area contributed by atoms with Crippen molar-refractivity contribution in [2.45, 2.75) is 31.7 Å². The van der Waals surface area contributed by atoms with Gasteiger partial charge in [-0.1, -0.05) is 6.42 Å². The van der Waals surface area contributed by atoms with Crippen LogP contribution in [-0.4, -0.2) is 53.6 Å². The molecular weight excluding hydrogens is 272 g/mol. The maximum absolute atomic E-state index is 11.6. The van der Waals surface area contributed by atoms with Gasteiger partial charge in [0, 0.05) is 24.5 Å². The first-order valence-electron chi connectivity index (χ1n) is 7.51. The second kappa shape index (κ2) is 6.24. The Morgan fingerprint density at radius 1 is 1.25 bits per heavy atom. The number of nitrogens with zero attached hydrogens (tertiary/aromatic N) is 2. The lowest BCUT2D eigenvalue weighted by molar-refractivity contribution is -0.144. The fourth-order valence-electron chi connectivity index (χ4n) is 3.35. The van der Waals surface area contributed by atoms with E-state index in [1.807, 2.05) is 11.4 Å². The van der Waals surface area contributed by atoms with E-state index in [9.17, 15) is 9.90 Å². The van der Waals surface area contributed by atoms with Crippen LogP contribution in [0.1, 0.15) is 35.7 Å². The fourth-order valence-corrected chi connectivity index (χ4v) is 4.26. The number of fused-ring (bicyclic) bond motifs is 1. The van der Waals surface area contributed by atoms with Gasteiger partial charge in [-0.05, 0) is 49.4 Å². The van der Waals surface area contributed by atoms with E-state index in [4.69, 9.17) is 0 Å². The number of carbonyl (C=O) groups is 1. The van der Waals surface area contributed by atoms with Gasteiger partial charge in [-0.3, -0.25) is 9.69 Å². The molecule has 5 heteroatoms. The van der Waals surface area contributed by atoms with Crippen LogP contribution in [0.25, 0.3) is 0 Å². The molecule has 0 aromatic carbocycles. The number of carboxylic acid groups (broad SMARTS) is 1. The van der Waals surface area contributed by atoms with Crippen LogP contribution in [0.3, 0.4) is 0 Å². The zero-order valence-electron chi connectivity index (χ0n) is 11.8. The molecule has 1 aromatic heterocycles. The van der Waals surface area contributed by atoms with Crippen molar-refractivity contribution < 1.29 is 9.90 Å². The van der Waals surface area contributed by atoms with Gasteiger partial charge in [0.2, 0.25) is 0 Å². The number of hydrogen-bond acceptors (Lipinski definition) is 4. The second-order valence-corrected chi connectivity index (χ2v) is 6.73. The highest BCUT2D eigenvalue weighted by molar-refractivity contribution is 7.10. The summed E-state index contributed by atoms with van der Waals surface area (Å²) in [6, 6.07) is 1.56. The van der Waals surface area contributed by atoms with Crippen molar-refractivity contribution in [1.82, 2.24) is 9.80 Å². The molecule has 0 radical (unpaired) electrons. The number of likely N-dealkylation sites (tertiary alicyclic amines) is 1. The molecule has 110 valence electrons. The van der Waals surface area contributed by atoms with Gasteiger partial charge in [0.05, 0.1) is 0 Å². The van der Waals surface area contributed by atoms with E-state index in [0.29, 0.717) is 0 Å². The molecule has 2 aliphatic heterocycles. The molecule has 2 aliphatic rings. The fraction of sp³-hybridized carbons (Fsp3) is 0.667. The van der Waals surface area contributed by atoms with Gasteiger partial charge in [-0.2, -0.15) is 0 Å². The summed E-state index contributed by atoms with van der Waals surface area (Å²) >= 11 is 1.69. The molecule has 0 bridgehead atoms. The standard InChI is InChI=1S/C15H22N2O2S/c18-15(19)14-12-5-11-20-13(12)4-8-17(14)10-9-16-6-2-1-3-7-16/h5,11,14H,1-4,6-10H2,(H,18,19). The van der Waals surface area contributed by atoms with E-state index < -0.39 is 12.0 Å². The molecule has 1 aromatic rings. The van der Waals surface area contributed by atoms with Crippen LogP contribution in [0.15, 0.2) is 11.4 Å². The molecule has 1 N–H and O–H groups in total. The predicted octanol–water partition coefficient (Wildman–Crippen LogP) is 2.22. The Kier molecular flexibility index (Phi) is 4.38. The predicted molar refractivity (Wildman–Crippen MR) is 80.3 cm³/mol. The summed E-state index contributed by atoms with van der Waals surface area (Å²) in [7, 11) is 0. The van der Waals surface area contributed by atoms with Crippen LogP contribution in [0.4, 0.5) is 0 Å². The van der Waals surface area contributed by atoms with Gasteiger partial charge in [-0.15, -0.1) is 11.3 Å². The summed E-state index contributed by atoms with van der Waals surface area (Å²) < 4.78 is 0. The maximum atomic E-state index is 11.6. The van der Waals surface area contributed by atoms with E-state index >= 15 is 0 Å². The minimum atomic E-state index is -0.706. The molecule has 0 aliphatic carbocycles. The Morgan fingerprint density at radius 3 is 2.80 bits per heavy atom. The third kappa shape index (κ3) is 2.90. The van der Waals surface area contributed by atoms with Gasteiger partial charge in [0.25, 0.3) is 0 Å². The van der Waals surface area contributed by atoms with Crippen LogP contribution in [0.2, 0.25) is 0 Å². The maximum Gasteiger partial charge on any atom is 0.325 e. The van der Waals surface area contributed by atoms with E-state index in [1.165, 1.54) is 37.2 Å². The lowest BCUT2D eigenvalue weighted by Gasteiger charge is -2.35. The minimum absolute atomic E-state index is 0.435. The Bertz CT molecular complexity index is 468. The average Bonchev–Trinajstić information content (AvgIpc) is 2.93. The molecule has 1 atom stereocenters. The minimum Gasteiger partial charge on any atom is -0.480 e. The molecule has 3 heterocycles. The van der Waals surface area contributed by atoms with Crippen LogP contribution >= 0.6 is 11.3 Å². The van der Waals surface area contributed by atoms with Crippen LogP contribution in [0.5, 0.6) is 0 Å². The summed E-state index contributed by atoms with van der Waals surface area (Å²) in [5.41, 5.74) is 1.02. The second-order valence-electron chi connectivity index (χ2n) is 5.73. The Hall–Kier alpha value is -0.910. The smallest absolute Gasteiger partial charge is 0.325 e. The van der Waals surface area contributed by atoms with E-state index in [1.54, 1.807) is 11.3 Å². The van der Waals surface area contributed by atoms with Crippen LogP contribution < -0.4 is 0 Å². The lowest BCUT2D eigenvalue weighted by Crippen LogP contribution is -2.44. The summed E-state index contributed by atoms with van der Waals surface area (Å²) in [5, 5.41) is 11.6. The summed E-state index contributed by atoms with van der Waals surface area (Å²) in [6.07, 6.45) is 4.92. The molecule has 3 rings (SSSR count). The van der Waals surface area contributed by atoms with Gasteiger partial charge in [-0.25, -0.2) is 0 Å². The molecule has 20 heavy (non-hydrogen) atoms. The molecule has 0 spiro atoms. The van der Waals surface area contributed by atoms with Crippen LogP contribution in [0, 0.1) is 0 Å². The highest BCUT2D eigenvalue weighted by atomic mass is 32.1. The van der Waals surface area contributed by atoms with Gasteiger partial charge >= 0.3 is 5.97 Å². The molecule has 0 saturated carbocycles. The van der Waals surface area contributed by atoms with Crippen LogP contribution in [-0.2, 0) is 11.2 Å². The topological polar surface area (TPSA) is 43.8 Å². The first-order valence-corrected chi connectivity index (χ1v) is 8.39. The highest BCUT2D eigenvalue weighted by Gasteiger charge is 2.33. The number of aliphatic carboxylic acids is 1. The Balaban J connectivity index is 1.65. The molecule has 1 fully saturated rings. The summed E-state index contributed by atoms with van der Waals surface area (Å²) in [4.78, 5) is 17.5. The molecule has 0 amide bonds. The normalized spacial score (nSPS) is 24.5. The third-order valence-electron chi connectivity index (χ3n) is 4.45. The zero-order chi connectivity index (χ0) is 13.9. The Labute approximate surface area is 124 Å². The lowest BCUT2D eigenvalue weighted by atomic mass is 10.00. The number of piperidine rings is 1. The third-order valence-corrected chi connectivity index (χ3v) is 5.45. The SMILES string of the molecule is O=C(O)C1c2ccsc2CCN1CCN1CCCCC1. The van der Waals surface area contributed by atoms with Crippen molar-refractivity contribution in [2.75, 3.05) is 32.7 Å². The van der Waals surface area contributed by atoms with Gasteiger partial charge in [0.15, 0.2) is 0 Å². The van der Waals surface area contributed by atoms with E-state index in [-0.39, 0.29) is 0 Å². The van der Waals surface area contributed by atoms with Crippen molar-refractivity contribution in [3.8, 4) is 0 Å². The molecule has 1 saturated heterocycles.